The van der Waals surface area contributed by atoms with E-state index in [1.807, 2.05) is 39.0 Å². The molecule has 0 heterocycles. The first-order valence-electron chi connectivity index (χ1n) is 5.59. The zero-order chi connectivity index (χ0) is 12.1. The molecule has 0 spiro atoms. The Hall–Kier alpha value is -1.35. The normalized spacial score (nSPS) is 14.2. The third-order valence-corrected chi connectivity index (χ3v) is 2.65. The second kappa shape index (κ2) is 5.66. The minimum atomic E-state index is -0.193. The van der Waals surface area contributed by atoms with E-state index < -0.39 is 0 Å². The van der Waals surface area contributed by atoms with E-state index in [1.165, 1.54) is 0 Å². The smallest absolute Gasteiger partial charge is 0.170 e. The van der Waals surface area contributed by atoms with Crippen molar-refractivity contribution in [3.63, 3.8) is 0 Å². The number of rotatable bonds is 5. The fourth-order valence-electron chi connectivity index (χ4n) is 1.44. The summed E-state index contributed by atoms with van der Waals surface area (Å²) in [5.74, 6) is 0.489. The van der Waals surface area contributed by atoms with Crippen molar-refractivity contribution >= 4 is 5.78 Å². The lowest BCUT2D eigenvalue weighted by Crippen LogP contribution is -2.30. The van der Waals surface area contributed by atoms with Crippen LogP contribution in [0.1, 0.15) is 31.1 Å². The summed E-state index contributed by atoms with van der Waals surface area (Å²) < 4.78 is 5.43. The highest BCUT2D eigenvalue weighted by molar-refractivity contribution is 6.00. The molecule has 2 N–H and O–H groups in total. The first-order chi connectivity index (χ1) is 7.57. The van der Waals surface area contributed by atoms with Crippen molar-refractivity contribution in [2.75, 3.05) is 6.61 Å². The number of carbonyl (C=O) groups excluding carboxylic acids is 1. The minimum absolute atomic E-state index is 0.0408. The molecule has 0 amide bonds. The van der Waals surface area contributed by atoms with Gasteiger partial charge in [0.25, 0.3) is 0 Å². The molecule has 0 saturated heterocycles. The molecule has 0 aliphatic rings. The van der Waals surface area contributed by atoms with Gasteiger partial charge in [-0.15, -0.1) is 0 Å². The maximum Gasteiger partial charge on any atom is 0.170 e. The van der Waals surface area contributed by atoms with Crippen molar-refractivity contribution in [2.45, 2.75) is 26.8 Å². The summed E-state index contributed by atoms with van der Waals surface area (Å²) in [6, 6.07) is 7.14. The summed E-state index contributed by atoms with van der Waals surface area (Å²) in [4.78, 5) is 12.1. The standard InChI is InChI=1S/C13H19NO2/c1-4-16-12-8-6-5-7-11(12)13(15)9(2)10(3)14/h5-10H,4,14H2,1-3H3. The van der Waals surface area contributed by atoms with Crippen LogP contribution in [-0.2, 0) is 0 Å². The Kier molecular flexibility index (Phi) is 4.50. The van der Waals surface area contributed by atoms with E-state index >= 15 is 0 Å². The van der Waals surface area contributed by atoms with Crippen LogP contribution in [0.15, 0.2) is 24.3 Å². The molecule has 1 rings (SSSR count). The van der Waals surface area contributed by atoms with Crippen LogP contribution in [0.5, 0.6) is 5.75 Å². The number of ether oxygens (including phenoxy) is 1. The number of ketones is 1. The van der Waals surface area contributed by atoms with Crippen LogP contribution in [0.25, 0.3) is 0 Å². The molecule has 88 valence electrons. The topological polar surface area (TPSA) is 52.3 Å². The molecule has 0 saturated carbocycles. The average Bonchev–Trinajstić information content (AvgIpc) is 2.28. The van der Waals surface area contributed by atoms with Gasteiger partial charge in [-0.05, 0) is 26.0 Å². The van der Waals surface area contributed by atoms with Crippen LogP contribution in [0.3, 0.4) is 0 Å². The van der Waals surface area contributed by atoms with E-state index in [1.54, 1.807) is 6.07 Å². The van der Waals surface area contributed by atoms with Crippen molar-refractivity contribution in [1.29, 1.82) is 0 Å². The third kappa shape index (κ3) is 2.83. The summed E-state index contributed by atoms with van der Waals surface area (Å²) in [6.45, 7) is 6.13. The highest BCUT2D eigenvalue weighted by Gasteiger charge is 2.21. The quantitative estimate of drug-likeness (QED) is 0.776. The van der Waals surface area contributed by atoms with E-state index in [0.29, 0.717) is 17.9 Å². The van der Waals surface area contributed by atoms with Crippen molar-refractivity contribution in [3.8, 4) is 5.75 Å². The molecule has 16 heavy (non-hydrogen) atoms. The molecule has 3 nitrogen and oxygen atoms in total. The highest BCUT2D eigenvalue weighted by Crippen LogP contribution is 2.22. The Labute approximate surface area is 96.6 Å². The van der Waals surface area contributed by atoms with Crippen molar-refractivity contribution < 1.29 is 9.53 Å². The lowest BCUT2D eigenvalue weighted by molar-refractivity contribution is 0.0913. The van der Waals surface area contributed by atoms with Gasteiger partial charge in [0.1, 0.15) is 5.75 Å². The molecule has 3 heteroatoms. The maximum absolute atomic E-state index is 12.1. The lowest BCUT2D eigenvalue weighted by atomic mass is 9.93. The number of nitrogens with two attached hydrogens (primary N) is 1. The summed E-state index contributed by atoms with van der Waals surface area (Å²) >= 11 is 0. The van der Waals surface area contributed by atoms with E-state index in [9.17, 15) is 4.79 Å². The number of para-hydroxylation sites is 1. The molecule has 0 aromatic heterocycles. The van der Waals surface area contributed by atoms with Crippen LogP contribution >= 0.6 is 0 Å². The third-order valence-electron chi connectivity index (χ3n) is 2.65. The summed E-state index contributed by atoms with van der Waals surface area (Å²) in [5.41, 5.74) is 6.36. The molecular formula is C13H19NO2. The Balaban J connectivity index is 2.98. The number of benzene rings is 1. The Morgan fingerprint density at radius 3 is 2.56 bits per heavy atom. The molecule has 0 aliphatic heterocycles. The van der Waals surface area contributed by atoms with Crippen molar-refractivity contribution in [1.82, 2.24) is 0 Å². The van der Waals surface area contributed by atoms with Crippen LogP contribution in [-0.4, -0.2) is 18.4 Å². The van der Waals surface area contributed by atoms with Crippen LogP contribution in [0.2, 0.25) is 0 Å². The SMILES string of the molecule is CCOc1ccccc1C(=O)C(C)C(C)N. The van der Waals surface area contributed by atoms with Crippen LogP contribution in [0.4, 0.5) is 0 Å². The number of hydrogen-bond donors (Lipinski definition) is 1. The fourth-order valence-corrected chi connectivity index (χ4v) is 1.44. The highest BCUT2D eigenvalue weighted by atomic mass is 16.5. The van der Waals surface area contributed by atoms with Gasteiger partial charge >= 0.3 is 0 Å². The van der Waals surface area contributed by atoms with Crippen molar-refractivity contribution in [3.05, 3.63) is 29.8 Å². The van der Waals surface area contributed by atoms with Gasteiger partial charge in [0.2, 0.25) is 0 Å². The number of hydrogen-bond acceptors (Lipinski definition) is 3. The first kappa shape index (κ1) is 12.7. The number of carbonyl (C=O) groups is 1. The summed E-state index contributed by atoms with van der Waals surface area (Å²) in [6.07, 6.45) is 0. The lowest BCUT2D eigenvalue weighted by Gasteiger charge is -2.16. The Morgan fingerprint density at radius 2 is 2.00 bits per heavy atom. The molecule has 2 atom stereocenters. The second-order valence-corrected chi connectivity index (χ2v) is 3.94. The van der Waals surface area contributed by atoms with E-state index in [2.05, 4.69) is 0 Å². The monoisotopic (exact) mass is 221 g/mol. The van der Waals surface area contributed by atoms with Gasteiger partial charge in [-0.3, -0.25) is 4.79 Å². The van der Waals surface area contributed by atoms with Gasteiger partial charge in [0.05, 0.1) is 12.2 Å². The molecular weight excluding hydrogens is 202 g/mol. The van der Waals surface area contributed by atoms with Gasteiger partial charge in [-0.25, -0.2) is 0 Å². The van der Waals surface area contributed by atoms with Crippen molar-refractivity contribution in [2.24, 2.45) is 11.7 Å². The number of Topliss-reactive ketones (excluding diaryl/α,β-unsaturated/α-hetero) is 1. The van der Waals surface area contributed by atoms with Gasteiger partial charge < -0.3 is 10.5 Å². The minimum Gasteiger partial charge on any atom is -0.493 e. The molecule has 1 aromatic rings. The molecule has 0 radical (unpaired) electrons. The zero-order valence-electron chi connectivity index (χ0n) is 10.1. The van der Waals surface area contributed by atoms with Crippen LogP contribution in [0, 0.1) is 5.92 Å². The Bertz CT molecular complexity index is 361. The van der Waals surface area contributed by atoms with E-state index in [0.717, 1.165) is 0 Å². The van der Waals surface area contributed by atoms with Gasteiger partial charge in [0.15, 0.2) is 5.78 Å². The second-order valence-electron chi connectivity index (χ2n) is 3.94. The first-order valence-corrected chi connectivity index (χ1v) is 5.59. The van der Waals surface area contributed by atoms with E-state index in [-0.39, 0.29) is 17.7 Å². The van der Waals surface area contributed by atoms with Gasteiger partial charge in [-0.2, -0.15) is 0 Å². The largest absolute Gasteiger partial charge is 0.493 e. The summed E-state index contributed by atoms with van der Waals surface area (Å²) in [5, 5.41) is 0. The van der Waals surface area contributed by atoms with Crippen LogP contribution < -0.4 is 10.5 Å². The predicted molar refractivity (Wildman–Crippen MR) is 64.8 cm³/mol. The summed E-state index contributed by atoms with van der Waals surface area (Å²) in [7, 11) is 0. The average molecular weight is 221 g/mol. The zero-order valence-corrected chi connectivity index (χ0v) is 10.1. The molecule has 0 bridgehead atoms. The predicted octanol–water partition coefficient (Wildman–Crippen LogP) is 2.25. The van der Waals surface area contributed by atoms with Gasteiger partial charge in [0, 0.05) is 12.0 Å². The molecule has 1 aromatic carbocycles. The molecule has 0 fully saturated rings. The van der Waals surface area contributed by atoms with Gasteiger partial charge in [-0.1, -0.05) is 19.1 Å². The molecule has 2 unspecified atom stereocenters. The Morgan fingerprint density at radius 1 is 1.38 bits per heavy atom. The maximum atomic E-state index is 12.1. The van der Waals surface area contributed by atoms with E-state index in [4.69, 9.17) is 10.5 Å². The fraction of sp³-hybridized carbons (Fsp3) is 0.462. The molecule has 0 aliphatic carbocycles.